The van der Waals surface area contributed by atoms with Gasteiger partial charge in [0.1, 0.15) is 5.78 Å². The second-order valence-corrected chi connectivity index (χ2v) is 7.36. The average Bonchev–Trinajstić information content (AvgIpc) is 2.65. The summed E-state index contributed by atoms with van der Waals surface area (Å²) in [6.45, 7) is 13.9. The summed E-state index contributed by atoms with van der Waals surface area (Å²) in [5.74, 6) is 0.167. The second kappa shape index (κ2) is 17.9. The van der Waals surface area contributed by atoms with E-state index in [2.05, 4.69) is 64.6 Å². The lowest BCUT2D eigenvalue weighted by atomic mass is 10.0. The molecule has 0 heterocycles. The third kappa shape index (κ3) is 15.5. The molecule has 0 aliphatic carbocycles. The number of carbonyl (C=O) groups excluding carboxylic acids is 2. The van der Waals surface area contributed by atoms with Gasteiger partial charge in [0, 0.05) is 5.02 Å². The molecule has 2 rings (SSSR count). The maximum Gasteiger partial charge on any atom is 0.204 e. The van der Waals surface area contributed by atoms with Crippen LogP contribution in [0, 0.1) is 20.8 Å². The predicted molar refractivity (Wildman–Crippen MR) is 127 cm³/mol. The van der Waals surface area contributed by atoms with Gasteiger partial charge in [-0.05, 0) is 82.2 Å². The van der Waals surface area contributed by atoms with Gasteiger partial charge in [-0.15, -0.1) is 0 Å². The molecule has 2 N–H and O–H groups in total. The summed E-state index contributed by atoms with van der Waals surface area (Å²) in [6.07, 6.45) is 5.15. The molecule has 0 atom stereocenters. The molecule has 162 valence electrons. The molecule has 3 nitrogen and oxygen atoms in total. The summed E-state index contributed by atoms with van der Waals surface area (Å²) in [7, 11) is 0. The average molecular weight is 420 g/mol. The number of unbranched alkanes of at least 4 members (excludes halogenated alkanes) is 1. The predicted octanol–water partition coefficient (Wildman–Crippen LogP) is 6.55. The molecule has 2 aromatic carbocycles. The second-order valence-electron chi connectivity index (χ2n) is 6.96. The van der Waals surface area contributed by atoms with Crippen LogP contribution in [0.1, 0.15) is 68.4 Å². The number of aryl methyl sites for hydroxylation is 4. The van der Waals surface area contributed by atoms with Crippen LogP contribution in [0.5, 0.6) is 0 Å². The summed E-state index contributed by atoms with van der Waals surface area (Å²) in [5.41, 5.74) is 11.1. The van der Waals surface area contributed by atoms with Gasteiger partial charge in [0.15, 0.2) is 0 Å². The number of halogens is 1. The van der Waals surface area contributed by atoms with Crippen LogP contribution >= 0.6 is 11.6 Å². The maximum absolute atomic E-state index is 9.44. The van der Waals surface area contributed by atoms with E-state index in [-0.39, 0.29) is 12.2 Å². The highest BCUT2D eigenvalue weighted by molar-refractivity contribution is 6.31. The van der Waals surface area contributed by atoms with Gasteiger partial charge in [-0.25, -0.2) is 0 Å². The summed E-state index contributed by atoms with van der Waals surface area (Å²) < 4.78 is 0. The van der Waals surface area contributed by atoms with Crippen molar-refractivity contribution >= 4 is 23.8 Å². The number of ketones is 1. The summed E-state index contributed by atoms with van der Waals surface area (Å²) in [6, 6.07) is 12.8. The minimum Gasteiger partial charge on any atom is -0.372 e. The fourth-order valence-electron chi connectivity index (χ4n) is 2.47. The molecule has 29 heavy (non-hydrogen) atoms. The van der Waals surface area contributed by atoms with Crippen molar-refractivity contribution < 1.29 is 9.59 Å². The number of Topliss-reactive ketones (excluding diaryl/α,β-unsaturated/α-hetero) is 1. The van der Waals surface area contributed by atoms with E-state index in [4.69, 9.17) is 16.4 Å². The number of amides is 1. The number of rotatable bonds is 4. The molecule has 2 aromatic rings. The number of hydrogen-bond donors (Lipinski definition) is 1. The van der Waals surface area contributed by atoms with E-state index in [1.54, 1.807) is 0 Å². The molecule has 4 heteroatoms. The Bertz CT molecular complexity index is 723. The van der Waals surface area contributed by atoms with Crippen molar-refractivity contribution in [2.45, 2.75) is 74.1 Å². The largest absolute Gasteiger partial charge is 0.372 e. The topological polar surface area (TPSA) is 60.2 Å². The van der Waals surface area contributed by atoms with Gasteiger partial charge in [-0.2, -0.15) is 0 Å². The molecular formula is C25H38ClNO2. The lowest BCUT2D eigenvalue weighted by Crippen LogP contribution is -1.89. The Morgan fingerprint density at radius 3 is 2.03 bits per heavy atom. The Kier molecular flexibility index (Phi) is 18.0. The molecule has 0 spiro atoms. The van der Waals surface area contributed by atoms with Crippen LogP contribution in [0.15, 0.2) is 36.4 Å². The zero-order valence-corrected chi connectivity index (χ0v) is 19.9. The molecule has 0 aliphatic rings. The van der Waals surface area contributed by atoms with Crippen LogP contribution in [0.2, 0.25) is 5.02 Å². The molecule has 0 radical (unpaired) electrons. The Hall–Kier alpha value is -2.13. The molecular weight excluding hydrogens is 382 g/mol. The lowest BCUT2D eigenvalue weighted by molar-refractivity contribution is -0.115. The number of benzene rings is 2. The molecule has 0 aromatic heterocycles. The van der Waals surface area contributed by atoms with Gasteiger partial charge in [0.2, 0.25) is 6.41 Å². The van der Waals surface area contributed by atoms with Gasteiger partial charge >= 0.3 is 0 Å². The lowest BCUT2D eigenvalue weighted by Gasteiger charge is -2.05. The van der Waals surface area contributed by atoms with Crippen LogP contribution in [0.25, 0.3) is 0 Å². The van der Waals surface area contributed by atoms with Crippen molar-refractivity contribution in [2.75, 3.05) is 0 Å². The number of primary amides is 1. The summed E-state index contributed by atoms with van der Waals surface area (Å²) >= 11 is 5.89. The standard InChI is InChI=1S/C12H18.C9H11Cl.C3H6O.CH3NO/c1-4-5-6-12-9-10(2)7-8-11(12)3;1-3-8-5-4-6-9(10)7(8)2;1-3(2)4;2-1-3/h7-9H,4-6H2,1-3H3;4-6H,3H2,1-2H3;1-2H3;1H,(H2,2,3). The van der Waals surface area contributed by atoms with Crippen molar-refractivity contribution in [1.82, 2.24) is 0 Å². The van der Waals surface area contributed by atoms with E-state index in [0.29, 0.717) is 0 Å². The minimum absolute atomic E-state index is 0.167. The molecule has 0 unspecified atom stereocenters. The van der Waals surface area contributed by atoms with Gasteiger partial charge < -0.3 is 10.5 Å². The van der Waals surface area contributed by atoms with Gasteiger partial charge in [0.25, 0.3) is 0 Å². The van der Waals surface area contributed by atoms with E-state index in [1.165, 1.54) is 60.9 Å². The third-order valence-corrected chi connectivity index (χ3v) is 4.47. The molecule has 0 saturated heterocycles. The van der Waals surface area contributed by atoms with Gasteiger partial charge in [-0.1, -0.05) is 67.8 Å². The molecule has 0 aliphatic heterocycles. The molecule has 0 bridgehead atoms. The number of nitrogens with two attached hydrogens (primary N) is 1. The first-order valence-electron chi connectivity index (χ1n) is 10.1. The first-order chi connectivity index (χ1) is 13.6. The summed E-state index contributed by atoms with van der Waals surface area (Å²) in [5, 5.41) is 0.874. The van der Waals surface area contributed by atoms with Crippen molar-refractivity contribution in [3.05, 3.63) is 69.2 Å². The number of hydrogen-bond acceptors (Lipinski definition) is 2. The maximum atomic E-state index is 9.44. The van der Waals surface area contributed by atoms with Crippen LogP contribution < -0.4 is 5.73 Å². The van der Waals surface area contributed by atoms with Crippen molar-refractivity contribution in [1.29, 1.82) is 0 Å². The van der Waals surface area contributed by atoms with Crippen molar-refractivity contribution in [3.8, 4) is 0 Å². The first kappa shape index (κ1) is 29.1. The Balaban J connectivity index is 0. The van der Waals surface area contributed by atoms with Gasteiger partial charge in [0.05, 0.1) is 0 Å². The summed E-state index contributed by atoms with van der Waals surface area (Å²) in [4.78, 5) is 18.0. The fraction of sp³-hybridized carbons (Fsp3) is 0.440. The van der Waals surface area contributed by atoms with Crippen molar-refractivity contribution in [3.63, 3.8) is 0 Å². The Morgan fingerprint density at radius 2 is 1.59 bits per heavy atom. The van der Waals surface area contributed by atoms with Crippen molar-refractivity contribution in [2.24, 2.45) is 5.73 Å². The smallest absolute Gasteiger partial charge is 0.204 e. The quantitative estimate of drug-likeness (QED) is 0.570. The van der Waals surface area contributed by atoms with E-state index in [1.807, 2.05) is 12.1 Å². The molecule has 1 amide bonds. The minimum atomic E-state index is 0.167. The zero-order chi connectivity index (χ0) is 22.8. The monoisotopic (exact) mass is 419 g/mol. The van der Waals surface area contributed by atoms with E-state index >= 15 is 0 Å². The first-order valence-corrected chi connectivity index (χ1v) is 10.4. The highest BCUT2D eigenvalue weighted by Crippen LogP contribution is 2.18. The van der Waals surface area contributed by atoms with E-state index in [0.717, 1.165) is 11.4 Å². The molecule has 0 fully saturated rings. The Labute approximate surface area is 182 Å². The third-order valence-electron chi connectivity index (χ3n) is 4.07. The Morgan fingerprint density at radius 1 is 1.03 bits per heavy atom. The highest BCUT2D eigenvalue weighted by atomic mass is 35.5. The molecule has 0 saturated carbocycles. The van der Waals surface area contributed by atoms with E-state index in [9.17, 15) is 4.79 Å². The van der Waals surface area contributed by atoms with E-state index < -0.39 is 0 Å². The fourth-order valence-corrected chi connectivity index (χ4v) is 2.67. The van der Waals surface area contributed by atoms with Gasteiger partial charge in [-0.3, -0.25) is 4.79 Å². The van der Waals surface area contributed by atoms with Crippen LogP contribution in [0.4, 0.5) is 0 Å². The highest BCUT2D eigenvalue weighted by Gasteiger charge is 1.98. The SMILES string of the molecule is CC(C)=O.CCCCc1cc(C)ccc1C.CCc1cccc(Cl)c1C.NC=O. The number of carbonyl (C=O) groups is 2. The zero-order valence-electron chi connectivity index (χ0n) is 19.1. The van der Waals surface area contributed by atoms with Crippen LogP contribution in [-0.4, -0.2) is 12.2 Å². The normalized spacial score (nSPS) is 8.97. The van der Waals surface area contributed by atoms with Crippen LogP contribution in [-0.2, 0) is 22.4 Å². The van der Waals surface area contributed by atoms with Crippen LogP contribution in [0.3, 0.4) is 0 Å².